The van der Waals surface area contributed by atoms with Gasteiger partial charge in [0.1, 0.15) is 22.8 Å². The number of aliphatic hydroxyl groups excluding tert-OH is 1. The molecule has 3 rings (SSSR count). The molecule has 0 saturated heterocycles. The van der Waals surface area contributed by atoms with Gasteiger partial charge in [0.2, 0.25) is 0 Å². The van der Waals surface area contributed by atoms with Gasteiger partial charge < -0.3 is 19.0 Å². The minimum absolute atomic E-state index is 0.0852. The van der Waals surface area contributed by atoms with Gasteiger partial charge in [0.25, 0.3) is 0 Å². The molecule has 0 spiro atoms. The van der Waals surface area contributed by atoms with Crippen molar-refractivity contribution < 1.29 is 19.0 Å². The molecule has 0 radical (unpaired) electrons. The van der Waals surface area contributed by atoms with Crippen LogP contribution in [0.4, 0.5) is 0 Å². The zero-order valence-electron chi connectivity index (χ0n) is 12.8. The molecule has 0 fully saturated rings. The van der Waals surface area contributed by atoms with Gasteiger partial charge >= 0.3 is 0 Å². The summed E-state index contributed by atoms with van der Waals surface area (Å²) in [6.07, 6.45) is 0. The van der Waals surface area contributed by atoms with Crippen LogP contribution in [0.15, 0.2) is 51.7 Å². The van der Waals surface area contributed by atoms with Crippen LogP contribution in [0.2, 0.25) is 0 Å². The molecule has 0 aliphatic heterocycles. The van der Waals surface area contributed by atoms with Crippen LogP contribution in [0.5, 0.6) is 11.5 Å². The fourth-order valence-electron chi connectivity index (χ4n) is 2.43. The number of benzene rings is 2. The molecule has 0 aliphatic rings. The zero-order valence-corrected chi connectivity index (χ0v) is 12.8. The number of ether oxygens (including phenoxy) is 2. The maximum absolute atomic E-state index is 12.4. The van der Waals surface area contributed by atoms with Crippen LogP contribution in [0.25, 0.3) is 22.3 Å². The SMILES string of the molecule is COc1ccc2oc(-c3ccc(CO)cc3OC)cc(=O)c2c1. The average Bonchev–Trinajstić information content (AvgIpc) is 2.60. The molecule has 0 amide bonds. The number of methoxy groups -OCH3 is 2. The lowest BCUT2D eigenvalue weighted by molar-refractivity contribution is 0.281. The summed E-state index contributed by atoms with van der Waals surface area (Å²) >= 11 is 0. The van der Waals surface area contributed by atoms with Gasteiger partial charge in [0, 0.05) is 6.07 Å². The second kappa shape index (κ2) is 6.14. The second-order valence-corrected chi connectivity index (χ2v) is 5.03. The Bertz CT molecular complexity index is 911. The van der Waals surface area contributed by atoms with Crippen molar-refractivity contribution in [1.82, 2.24) is 0 Å². The lowest BCUT2D eigenvalue weighted by Crippen LogP contribution is -2.01. The van der Waals surface area contributed by atoms with Gasteiger partial charge in [-0.1, -0.05) is 6.07 Å². The van der Waals surface area contributed by atoms with Crippen LogP contribution >= 0.6 is 0 Å². The highest BCUT2D eigenvalue weighted by Crippen LogP contribution is 2.32. The third-order valence-corrected chi connectivity index (χ3v) is 3.65. The quantitative estimate of drug-likeness (QED) is 0.802. The fourth-order valence-corrected chi connectivity index (χ4v) is 2.43. The van der Waals surface area contributed by atoms with E-state index >= 15 is 0 Å². The van der Waals surface area contributed by atoms with Crippen molar-refractivity contribution in [3.63, 3.8) is 0 Å². The molecule has 0 atom stereocenters. The van der Waals surface area contributed by atoms with Crippen molar-refractivity contribution in [2.45, 2.75) is 6.61 Å². The second-order valence-electron chi connectivity index (χ2n) is 5.03. The Balaban J connectivity index is 2.19. The first-order chi connectivity index (χ1) is 11.2. The summed E-state index contributed by atoms with van der Waals surface area (Å²) in [6, 6.07) is 11.8. The highest BCUT2D eigenvalue weighted by Gasteiger charge is 2.12. The van der Waals surface area contributed by atoms with E-state index in [1.54, 1.807) is 43.5 Å². The fraction of sp³-hybridized carbons (Fsp3) is 0.167. The first-order valence-electron chi connectivity index (χ1n) is 7.06. The van der Waals surface area contributed by atoms with E-state index in [2.05, 4.69) is 0 Å². The van der Waals surface area contributed by atoms with Crippen LogP contribution < -0.4 is 14.9 Å². The lowest BCUT2D eigenvalue weighted by Gasteiger charge is -2.10. The summed E-state index contributed by atoms with van der Waals surface area (Å²) < 4.78 is 16.3. The first-order valence-corrected chi connectivity index (χ1v) is 7.06. The smallest absolute Gasteiger partial charge is 0.193 e. The highest BCUT2D eigenvalue weighted by atomic mass is 16.5. The molecule has 1 heterocycles. The van der Waals surface area contributed by atoms with Gasteiger partial charge in [-0.25, -0.2) is 0 Å². The molecule has 1 N–H and O–H groups in total. The lowest BCUT2D eigenvalue weighted by atomic mass is 10.1. The van der Waals surface area contributed by atoms with Gasteiger partial charge in [-0.05, 0) is 35.9 Å². The maximum Gasteiger partial charge on any atom is 0.193 e. The maximum atomic E-state index is 12.4. The van der Waals surface area contributed by atoms with Gasteiger partial charge in [0.05, 0.1) is 31.8 Å². The first kappa shape index (κ1) is 15.1. The summed E-state index contributed by atoms with van der Waals surface area (Å²) in [5.41, 5.74) is 1.69. The molecule has 118 valence electrons. The van der Waals surface area contributed by atoms with E-state index in [4.69, 9.17) is 13.9 Å². The number of fused-ring (bicyclic) bond motifs is 1. The largest absolute Gasteiger partial charge is 0.497 e. The number of aliphatic hydroxyl groups is 1. The van der Waals surface area contributed by atoms with Crippen LogP contribution in [0.3, 0.4) is 0 Å². The molecule has 5 heteroatoms. The standard InChI is InChI=1S/C18H16O5/c1-21-12-4-6-16-14(8-12)15(20)9-18(23-16)13-5-3-11(10-19)7-17(13)22-2/h3-9,19H,10H2,1-2H3. The van der Waals surface area contributed by atoms with E-state index < -0.39 is 0 Å². The van der Waals surface area contributed by atoms with E-state index in [1.807, 2.05) is 0 Å². The number of rotatable bonds is 4. The molecule has 0 saturated carbocycles. The summed E-state index contributed by atoms with van der Waals surface area (Å²) in [5, 5.41) is 9.67. The normalized spacial score (nSPS) is 10.7. The molecule has 2 aromatic carbocycles. The van der Waals surface area contributed by atoms with Crippen molar-refractivity contribution in [1.29, 1.82) is 0 Å². The summed E-state index contributed by atoms with van der Waals surface area (Å²) in [4.78, 5) is 12.4. The van der Waals surface area contributed by atoms with E-state index in [9.17, 15) is 9.90 Å². The Morgan fingerprint density at radius 1 is 1.04 bits per heavy atom. The van der Waals surface area contributed by atoms with Crippen LogP contribution in [-0.2, 0) is 6.61 Å². The number of hydrogen-bond acceptors (Lipinski definition) is 5. The zero-order chi connectivity index (χ0) is 16.4. The topological polar surface area (TPSA) is 68.9 Å². The third kappa shape index (κ3) is 2.78. The van der Waals surface area contributed by atoms with Crippen LogP contribution in [0.1, 0.15) is 5.56 Å². The average molecular weight is 312 g/mol. The van der Waals surface area contributed by atoms with Crippen molar-refractivity contribution in [3.05, 3.63) is 58.3 Å². The summed E-state index contributed by atoms with van der Waals surface area (Å²) in [6.45, 7) is -0.0852. The predicted molar refractivity (Wildman–Crippen MR) is 86.9 cm³/mol. The van der Waals surface area contributed by atoms with E-state index in [0.717, 1.165) is 5.56 Å². The van der Waals surface area contributed by atoms with Crippen molar-refractivity contribution in [2.24, 2.45) is 0 Å². The Hall–Kier alpha value is -2.79. The van der Waals surface area contributed by atoms with Gasteiger partial charge in [-0.3, -0.25) is 4.79 Å². The van der Waals surface area contributed by atoms with Gasteiger partial charge in [-0.2, -0.15) is 0 Å². The molecule has 0 aliphatic carbocycles. The van der Waals surface area contributed by atoms with Crippen molar-refractivity contribution in [2.75, 3.05) is 14.2 Å². The highest BCUT2D eigenvalue weighted by molar-refractivity contribution is 5.81. The predicted octanol–water partition coefficient (Wildman–Crippen LogP) is 2.97. The molecule has 5 nitrogen and oxygen atoms in total. The molecule has 23 heavy (non-hydrogen) atoms. The van der Waals surface area contributed by atoms with Gasteiger partial charge in [0.15, 0.2) is 5.43 Å². The Morgan fingerprint density at radius 3 is 2.57 bits per heavy atom. The monoisotopic (exact) mass is 312 g/mol. The van der Waals surface area contributed by atoms with Gasteiger partial charge in [-0.15, -0.1) is 0 Å². The molecule has 1 aromatic heterocycles. The minimum Gasteiger partial charge on any atom is -0.497 e. The van der Waals surface area contributed by atoms with Crippen molar-refractivity contribution >= 4 is 11.0 Å². The molecule has 3 aromatic rings. The Labute approximate surface area is 132 Å². The van der Waals surface area contributed by atoms with Crippen LogP contribution in [0, 0.1) is 0 Å². The summed E-state index contributed by atoms with van der Waals surface area (Å²) in [5.74, 6) is 1.55. The van der Waals surface area contributed by atoms with Crippen LogP contribution in [-0.4, -0.2) is 19.3 Å². The molecular formula is C18H16O5. The number of hydrogen-bond donors (Lipinski definition) is 1. The molecule has 0 bridgehead atoms. The van der Waals surface area contributed by atoms with E-state index in [0.29, 0.717) is 33.8 Å². The summed E-state index contributed by atoms with van der Waals surface area (Å²) in [7, 11) is 3.08. The van der Waals surface area contributed by atoms with E-state index in [-0.39, 0.29) is 12.0 Å². The Morgan fingerprint density at radius 2 is 1.87 bits per heavy atom. The molecular weight excluding hydrogens is 296 g/mol. The Kier molecular flexibility index (Phi) is 4.04. The third-order valence-electron chi connectivity index (χ3n) is 3.65. The minimum atomic E-state index is -0.159. The van der Waals surface area contributed by atoms with Crippen molar-refractivity contribution in [3.8, 4) is 22.8 Å². The van der Waals surface area contributed by atoms with E-state index in [1.165, 1.54) is 13.2 Å². The molecule has 0 unspecified atom stereocenters.